The summed E-state index contributed by atoms with van der Waals surface area (Å²) in [5, 5.41) is 3.64. The van der Waals surface area contributed by atoms with Gasteiger partial charge in [-0.25, -0.2) is 8.42 Å². The van der Waals surface area contributed by atoms with Gasteiger partial charge in [0.1, 0.15) is 0 Å². The summed E-state index contributed by atoms with van der Waals surface area (Å²) < 4.78 is 126. The second-order valence-electron chi connectivity index (χ2n) is 7.06. The number of aromatic nitrogens is 3. The Labute approximate surface area is 182 Å². The molecule has 178 valence electrons. The average molecular weight is 510 g/mol. The van der Waals surface area contributed by atoms with Gasteiger partial charge in [0.2, 0.25) is 14.9 Å². The maximum Gasteiger partial charge on any atom is 0.460 e. The lowest BCUT2D eigenvalue weighted by Gasteiger charge is -2.27. The first-order valence-corrected chi connectivity index (χ1v) is 10.9. The van der Waals surface area contributed by atoms with Crippen molar-refractivity contribution in [1.82, 2.24) is 15.0 Å². The SMILES string of the molecule is Cc1ccc(S(=O)(=O)c2nn(C3OCCCC3Cl)nc2C(F)(F)C(F)(F)C(F)(F)F)cc1. The zero-order chi connectivity index (χ0) is 24.1. The molecule has 1 aliphatic rings. The van der Waals surface area contributed by atoms with Crippen molar-refractivity contribution in [1.29, 1.82) is 0 Å². The van der Waals surface area contributed by atoms with Crippen LogP contribution in [0.5, 0.6) is 0 Å². The van der Waals surface area contributed by atoms with Gasteiger partial charge in [0.15, 0.2) is 11.9 Å². The highest BCUT2D eigenvalue weighted by atomic mass is 35.5. The minimum Gasteiger partial charge on any atom is -0.353 e. The number of hydrogen-bond donors (Lipinski definition) is 0. The first kappa shape index (κ1) is 24.7. The summed E-state index contributed by atoms with van der Waals surface area (Å²) in [6, 6.07) is 4.49. The van der Waals surface area contributed by atoms with E-state index in [0.717, 1.165) is 12.1 Å². The van der Waals surface area contributed by atoms with Crippen LogP contribution in [-0.4, -0.2) is 47.5 Å². The Kier molecular flexibility index (Phi) is 6.28. The van der Waals surface area contributed by atoms with Crippen LogP contribution in [0, 0.1) is 6.92 Å². The Morgan fingerprint density at radius 2 is 1.66 bits per heavy atom. The van der Waals surface area contributed by atoms with Gasteiger partial charge in [-0.2, -0.15) is 35.5 Å². The third-order valence-electron chi connectivity index (χ3n) is 4.68. The molecule has 2 atom stereocenters. The Balaban J connectivity index is 2.24. The molecular formula is C17H15ClF7N3O3S. The van der Waals surface area contributed by atoms with Gasteiger partial charge in [-0.3, -0.25) is 0 Å². The lowest BCUT2D eigenvalue weighted by atomic mass is 10.1. The quantitative estimate of drug-likeness (QED) is 0.434. The van der Waals surface area contributed by atoms with Gasteiger partial charge in [0.25, 0.3) is 0 Å². The highest BCUT2D eigenvalue weighted by Gasteiger charge is 2.75. The van der Waals surface area contributed by atoms with Crippen molar-refractivity contribution in [3.63, 3.8) is 0 Å². The van der Waals surface area contributed by atoms with Gasteiger partial charge >= 0.3 is 18.0 Å². The van der Waals surface area contributed by atoms with E-state index in [-0.39, 0.29) is 17.8 Å². The summed E-state index contributed by atoms with van der Waals surface area (Å²) in [5.41, 5.74) is -1.79. The average Bonchev–Trinajstić information content (AvgIpc) is 3.14. The van der Waals surface area contributed by atoms with Gasteiger partial charge in [-0.05, 0) is 31.9 Å². The fourth-order valence-electron chi connectivity index (χ4n) is 2.90. The maximum absolute atomic E-state index is 14.6. The van der Waals surface area contributed by atoms with Gasteiger partial charge < -0.3 is 4.74 Å². The van der Waals surface area contributed by atoms with Gasteiger partial charge in [0.05, 0.1) is 10.3 Å². The van der Waals surface area contributed by atoms with Crippen LogP contribution < -0.4 is 0 Å². The van der Waals surface area contributed by atoms with Crippen LogP contribution in [0.4, 0.5) is 30.7 Å². The standard InChI is InChI=1S/C17H15ClF7N3O3S/c1-9-4-6-10(7-5-9)32(29,30)13-12(15(19,20)16(21,22)17(23,24)25)26-28(27-13)14-11(18)3-2-8-31-14/h4-7,11,14H,2-3,8H2,1H3. The van der Waals surface area contributed by atoms with Gasteiger partial charge in [-0.1, -0.05) is 17.7 Å². The minimum absolute atomic E-state index is 0.0277. The lowest BCUT2D eigenvalue weighted by Crippen LogP contribution is -2.50. The molecular weight excluding hydrogens is 495 g/mol. The maximum atomic E-state index is 14.6. The van der Waals surface area contributed by atoms with Crippen LogP contribution in [0.3, 0.4) is 0 Å². The van der Waals surface area contributed by atoms with E-state index in [2.05, 4.69) is 10.2 Å². The molecule has 0 saturated carbocycles. The van der Waals surface area contributed by atoms with Gasteiger partial charge in [0, 0.05) is 6.61 Å². The summed E-state index contributed by atoms with van der Waals surface area (Å²) in [7, 11) is -5.08. The third kappa shape index (κ3) is 4.07. The summed E-state index contributed by atoms with van der Waals surface area (Å²) in [6.45, 7) is 1.61. The Bertz CT molecular complexity index is 1090. The molecule has 0 radical (unpaired) electrons. The number of rotatable bonds is 5. The molecule has 0 N–H and O–H groups in total. The van der Waals surface area contributed by atoms with Crippen LogP contribution in [0.1, 0.15) is 30.3 Å². The molecule has 0 bridgehead atoms. The van der Waals surface area contributed by atoms with Crippen LogP contribution in [0.15, 0.2) is 34.2 Å². The number of benzene rings is 1. The van der Waals surface area contributed by atoms with Crippen molar-refractivity contribution in [3.8, 4) is 0 Å². The van der Waals surface area contributed by atoms with Crippen LogP contribution in [0.25, 0.3) is 0 Å². The molecule has 1 aromatic carbocycles. The molecule has 1 fully saturated rings. The molecule has 0 amide bonds. The fraction of sp³-hybridized carbons (Fsp3) is 0.529. The van der Waals surface area contributed by atoms with E-state index >= 15 is 0 Å². The summed E-state index contributed by atoms with van der Waals surface area (Å²) in [5.74, 6) is -12.7. The highest BCUT2D eigenvalue weighted by molar-refractivity contribution is 7.91. The van der Waals surface area contributed by atoms with Crippen molar-refractivity contribution >= 4 is 21.4 Å². The molecule has 32 heavy (non-hydrogen) atoms. The molecule has 0 aliphatic carbocycles. The second-order valence-corrected chi connectivity index (χ2v) is 9.48. The largest absolute Gasteiger partial charge is 0.460 e. The topological polar surface area (TPSA) is 74.1 Å². The minimum atomic E-state index is -6.71. The van der Waals surface area contributed by atoms with E-state index in [1.807, 2.05) is 0 Å². The molecule has 6 nitrogen and oxygen atoms in total. The molecule has 2 aromatic rings. The number of alkyl halides is 8. The molecule has 15 heteroatoms. The number of halogens is 8. The smallest absolute Gasteiger partial charge is 0.353 e. The number of aryl methyl sites for hydroxylation is 1. The lowest BCUT2D eigenvalue weighted by molar-refractivity contribution is -0.361. The van der Waals surface area contributed by atoms with Crippen molar-refractivity contribution in [2.75, 3.05) is 6.61 Å². The predicted molar refractivity (Wildman–Crippen MR) is 95.4 cm³/mol. The monoisotopic (exact) mass is 509 g/mol. The Morgan fingerprint density at radius 3 is 2.19 bits per heavy atom. The van der Waals surface area contributed by atoms with Crippen molar-refractivity contribution in [2.45, 2.75) is 59.3 Å². The molecule has 3 rings (SSSR count). The van der Waals surface area contributed by atoms with E-state index in [1.54, 1.807) is 6.92 Å². The van der Waals surface area contributed by atoms with Crippen molar-refractivity contribution in [3.05, 3.63) is 35.5 Å². The highest BCUT2D eigenvalue weighted by Crippen LogP contribution is 2.52. The van der Waals surface area contributed by atoms with Gasteiger partial charge in [-0.15, -0.1) is 21.8 Å². The van der Waals surface area contributed by atoms with E-state index in [0.29, 0.717) is 12.0 Å². The molecule has 0 spiro atoms. The molecule has 1 aromatic heterocycles. The predicted octanol–water partition coefficient (Wildman–Crippen LogP) is 4.63. The Morgan fingerprint density at radius 1 is 1.06 bits per heavy atom. The summed E-state index contributed by atoms with van der Waals surface area (Å²) >= 11 is 6.01. The van der Waals surface area contributed by atoms with Crippen LogP contribution >= 0.6 is 11.6 Å². The van der Waals surface area contributed by atoms with Crippen LogP contribution in [-0.2, 0) is 20.5 Å². The number of nitrogens with zero attached hydrogens (tertiary/aromatic N) is 3. The van der Waals surface area contributed by atoms with E-state index in [4.69, 9.17) is 16.3 Å². The fourth-order valence-corrected chi connectivity index (χ4v) is 4.56. The molecule has 2 heterocycles. The van der Waals surface area contributed by atoms with Crippen molar-refractivity contribution in [2.24, 2.45) is 0 Å². The number of hydrogen-bond acceptors (Lipinski definition) is 5. The normalized spacial score (nSPS) is 21.0. The van der Waals surface area contributed by atoms with E-state index in [1.165, 1.54) is 12.1 Å². The molecule has 1 aliphatic heterocycles. The zero-order valence-corrected chi connectivity index (χ0v) is 17.7. The van der Waals surface area contributed by atoms with E-state index in [9.17, 15) is 39.2 Å². The van der Waals surface area contributed by atoms with Crippen molar-refractivity contribution < 1.29 is 43.9 Å². The summed E-state index contributed by atoms with van der Waals surface area (Å²) in [4.78, 5) is -0.456. The number of sulfone groups is 1. The second kappa shape index (κ2) is 8.13. The Hall–Kier alpha value is -1.93. The molecule has 1 saturated heterocycles. The molecule has 2 unspecified atom stereocenters. The first-order chi connectivity index (χ1) is 14.6. The first-order valence-electron chi connectivity index (χ1n) is 8.98. The summed E-state index contributed by atoms with van der Waals surface area (Å²) in [6.07, 6.45) is -7.48. The van der Waals surface area contributed by atoms with Crippen LogP contribution in [0.2, 0.25) is 0 Å². The number of ether oxygens (including phenoxy) is 1. The third-order valence-corrected chi connectivity index (χ3v) is 6.79. The van der Waals surface area contributed by atoms with E-state index < -0.39 is 55.1 Å². The zero-order valence-electron chi connectivity index (χ0n) is 16.1.